The van der Waals surface area contributed by atoms with E-state index < -0.39 is 5.97 Å². The Morgan fingerprint density at radius 1 is 1.00 bits per heavy atom. The minimum atomic E-state index is -0.398. The zero-order chi connectivity index (χ0) is 13.0. The molecule has 0 aliphatic heterocycles. The molecule has 2 aromatic rings. The molecule has 0 N–H and O–H groups in total. The van der Waals surface area contributed by atoms with E-state index in [9.17, 15) is 4.79 Å². The second-order valence-electron chi connectivity index (χ2n) is 3.86. The van der Waals surface area contributed by atoms with Crippen molar-refractivity contribution in [1.82, 2.24) is 0 Å². The Bertz CT molecular complexity index is 547. The van der Waals surface area contributed by atoms with E-state index in [0.29, 0.717) is 17.1 Å². The number of para-hydroxylation sites is 2. The molecule has 0 fully saturated rings. The quantitative estimate of drug-likeness (QED) is 0.772. The summed E-state index contributed by atoms with van der Waals surface area (Å²) in [6, 6.07) is 14.7. The lowest BCUT2D eigenvalue weighted by molar-refractivity contribution is 0.0598. The Balaban J connectivity index is 2.40. The molecule has 0 aliphatic rings. The number of hydrogen-bond donors (Lipinski definition) is 0. The average Bonchev–Trinajstić information content (AvgIpc) is 2.41. The van der Waals surface area contributed by atoms with Crippen molar-refractivity contribution in [2.24, 2.45) is 0 Å². The van der Waals surface area contributed by atoms with Gasteiger partial charge in [-0.05, 0) is 30.7 Å². The number of hydrogen-bond acceptors (Lipinski definition) is 3. The highest BCUT2D eigenvalue weighted by Gasteiger charge is 2.15. The maximum absolute atomic E-state index is 11.7. The van der Waals surface area contributed by atoms with Crippen molar-refractivity contribution in [1.29, 1.82) is 0 Å². The molecule has 0 amide bonds. The maximum Gasteiger partial charge on any atom is 0.341 e. The van der Waals surface area contributed by atoms with Gasteiger partial charge in [0.15, 0.2) is 0 Å². The molecule has 0 spiro atoms. The third-order valence-electron chi connectivity index (χ3n) is 2.58. The van der Waals surface area contributed by atoms with Gasteiger partial charge in [-0.1, -0.05) is 30.3 Å². The molecule has 0 heterocycles. The molecule has 0 saturated carbocycles. The topological polar surface area (TPSA) is 35.5 Å². The lowest BCUT2D eigenvalue weighted by atomic mass is 10.1. The van der Waals surface area contributed by atoms with Crippen LogP contribution in [0.5, 0.6) is 11.5 Å². The van der Waals surface area contributed by atoms with Gasteiger partial charge in [0.2, 0.25) is 0 Å². The van der Waals surface area contributed by atoms with E-state index in [4.69, 9.17) is 9.47 Å². The lowest BCUT2D eigenvalue weighted by Crippen LogP contribution is -2.04. The summed E-state index contributed by atoms with van der Waals surface area (Å²) >= 11 is 0. The van der Waals surface area contributed by atoms with Gasteiger partial charge in [-0.15, -0.1) is 0 Å². The molecule has 3 heteroatoms. The first-order valence-corrected chi connectivity index (χ1v) is 5.63. The molecule has 92 valence electrons. The van der Waals surface area contributed by atoms with Crippen molar-refractivity contribution in [3.63, 3.8) is 0 Å². The highest BCUT2D eigenvalue weighted by Crippen LogP contribution is 2.29. The molecule has 0 aliphatic carbocycles. The molecular formula is C15H14O3. The largest absolute Gasteiger partial charge is 0.465 e. The van der Waals surface area contributed by atoms with Gasteiger partial charge in [0.25, 0.3) is 0 Å². The Hall–Kier alpha value is -2.29. The molecule has 2 rings (SSSR count). The fourth-order valence-electron chi connectivity index (χ4n) is 1.67. The van der Waals surface area contributed by atoms with Crippen molar-refractivity contribution < 1.29 is 14.3 Å². The molecule has 0 atom stereocenters. The fraction of sp³-hybridized carbons (Fsp3) is 0.133. The third kappa shape index (κ3) is 2.51. The van der Waals surface area contributed by atoms with Gasteiger partial charge in [-0.3, -0.25) is 0 Å². The van der Waals surface area contributed by atoms with Crippen LogP contribution in [0.25, 0.3) is 0 Å². The third-order valence-corrected chi connectivity index (χ3v) is 2.58. The van der Waals surface area contributed by atoms with Crippen molar-refractivity contribution in [2.75, 3.05) is 7.11 Å². The van der Waals surface area contributed by atoms with Crippen LogP contribution in [-0.2, 0) is 4.74 Å². The van der Waals surface area contributed by atoms with Crippen LogP contribution >= 0.6 is 0 Å². The van der Waals surface area contributed by atoms with E-state index in [-0.39, 0.29) is 0 Å². The number of esters is 1. The molecule has 0 bridgehead atoms. The van der Waals surface area contributed by atoms with E-state index in [1.165, 1.54) is 7.11 Å². The van der Waals surface area contributed by atoms with Gasteiger partial charge >= 0.3 is 5.97 Å². The molecule has 2 aromatic carbocycles. The van der Waals surface area contributed by atoms with Gasteiger partial charge in [-0.2, -0.15) is 0 Å². The van der Waals surface area contributed by atoms with Crippen LogP contribution in [0, 0.1) is 6.92 Å². The van der Waals surface area contributed by atoms with E-state index in [1.807, 2.05) is 43.3 Å². The van der Waals surface area contributed by atoms with Gasteiger partial charge in [0, 0.05) is 0 Å². The summed E-state index contributed by atoms with van der Waals surface area (Å²) in [5.74, 6) is 0.831. The molecule has 3 nitrogen and oxygen atoms in total. The Morgan fingerprint density at radius 2 is 1.72 bits per heavy atom. The minimum Gasteiger partial charge on any atom is -0.465 e. The van der Waals surface area contributed by atoms with Crippen molar-refractivity contribution >= 4 is 5.97 Å². The summed E-state index contributed by atoms with van der Waals surface area (Å²) in [4.78, 5) is 11.7. The number of aryl methyl sites for hydroxylation is 1. The predicted molar refractivity (Wildman–Crippen MR) is 69.0 cm³/mol. The summed E-state index contributed by atoms with van der Waals surface area (Å²) in [6.07, 6.45) is 0. The zero-order valence-electron chi connectivity index (χ0n) is 10.3. The van der Waals surface area contributed by atoms with Crippen LogP contribution in [-0.4, -0.2) is 13.1 Å². The number of rotatable bonds is 3. The van der Waals surface area contributed by atoms with Crippen LogP contribution in [0.2, 0.25) is 0 Å². The Morgan fingerprint density at radius 3 is 2.39 bits per heavy atom. The Labute approximate surface area is 106 Å². The second kappa shape index (κ2) is 5.36. The van der Waals surface area contributed by atoms with E-state index >= 15 is 0 Å². The monoisotopic (exact) mass is 242 g/mol. The zero-order valence-corrected chi connectivity index (χ0v) is 10.3. The minimum absolute atomic E-state index is 0.398. The number of methoxy groups -OCH3 is 1. The van der Waals surface area contributed by atoms with E-state index in [0.717, 1.165) is 5.56 Å². The SMILES string of the molecule is COC(=O)c1cccc(C)c1Oc1ccccc1. The number of carbonyl (C=O) groups excluding carboxylic acids is 1. The van der Waals surface area contributed by atoms with Crippen LogP contribution in [0.3, 0.4) is 0 Å². The maximum atomic E-state index is 11.7. The number of carbonyl (C=O) groups is 1. The van der Waals surface area contributed by atoms with Gasteiger partial charge in [0.1, 0.15) is 17.1 Å². The summed E-state index contributed by atoms with van der Waals surface area (Å²) in [6.45, 7) is 1.89. The van der Waals surface area contributed by atoms with Crippen molar-refractivity contribution in [3.05, 3.63) is 59.7 Å². The molecule has 0 radical (unpaired) electrons. The molecule has 0 saturated heterocycles. The van der Waals surface area contributed by atoms with Crippen molar-refractivity contribution in [3.8, 4) is 11.5 Å². The standard InChI is InChI=1S/C15H14O3/c1-11-7-6-10-13(15(16)17-2)14(11)18-12-8-4-3-5-9-12/h3-10H,1-2H3. The molecule has 0 unspecified atom stereocenters. The normalized spacial score (nSPS) is 9.89. The predicted octanol–water partition coefficient (Wildman–Crippen LogP) is 3.57. The fourth-order valence-corrected chi connectivity index (χ4v) is 1.67. The lowest BCUT2D eigenvalue weighted by Gasteiger charge is -2.12. The van der Waals surface area contributed by atoms with Gasteiger partial charge in [-0.25, -0.2) is 4.79 Å². The highest BCUT2D eigenvalue weighted by molar-refractivity contribution is 5.93. The molecular weight excluding hydrogens is 228 g/mol. The van der Waals surface area contributed by atoms with Crippen LogP contribution in [0.4, 0.5) is 0 Å². The summed E-state index contributed by atoms with van der Waals surface area (Å²) in [5, 5.41) is 0. The molecule has 18 heavy (non-hydrogen) atoms. The smallest absolute Gasteiger partial charge is 0.341 e. The first-order valence-electron chi connectivity index (χ1n) is 5.63. The van der Waals surface area contributed by atoms with E-state index in [2.05, 4.69) is 0 Å². The Kier molecular flexibility index (Phi) is 3.63. The van der Waals surface area contributed by atoms with Crippen LogP contribution < -0.4 is 4.74 Å². The van der Waals surface area contributed by atoms with Crippen molar-refractivity contribution in [2.45, 2.75) is 6.92 Å². The van der Waals surface area contributed by atoms with Gasteiger partial charge in [0.05, 0.1) is 7.11 Å². The average molecular weight is 242 g/mol. The summed E-state index contributed by atoms with van der Waals surface area (Å²) < 4.78 is 10.5. The number of benzene rings is 2. The van der Waals surface area contributed by atoms with E-state index in [1.54, 1.807) is 12.1 Å². The highest BCUT2D eigenvalue weighted by atomic mass is 16.5. The summed E-state index contributed by atoms with van der Waals surface area (Å²) in [7, 11) is 1.36. The summed E-state index contributed by atoms with van der Waals surface area (Å²) in [5.41, 5.74) is 1.32. The second-order valence-corrected chi connectivity index (χ2v) is 3.86. The first kappa shape index (κ1) is 12.2. The van der Waals surface area contributed by atoms with Crippen LogP contribution in [0.1, 0.15) is 15.9 Å². The number of ether oxygens (including phenoxy) is 2. The molecule has 0 aromatic heterocycles. The van der Waals surface area contributed by atoms with Crippen LogP contribution in [0.15, 0.2) is 48.5 Å². The van der Waals surface area contributed by atoms with Gasteiger partial charge < -0.3 is 9.47 Å². The first-order chi connectivity index (χ1) is 8.72.